The van der Waals surface area contributed by atoms with Crippen LogP contribution in [-0.4, -0.2) is 38.1 Å². The van der Waals surface area contributed by atoms with E-state index in [1.165, 1.54) is 0 Å². The topological polar surface area (TPSA) is 63.6 Å². The molecule has 0 bridgehead atoms. The van der Waals surface area contributed by atoms with Crippen molar-refractivity contribution in [3.05, 3.63) is 28.2 Å². The molecule has 0 aromatic heterocycles. The maximum absolute atomic E-state index is 12.2. The van der Waals surface area contributed by atoms with Crippen LogP contribution in [0.25, 0.3) is 0 Å². The average molecular weight is 335 g/mol. The monoisotopic (exact) mass is 334 g/mol. The summed E-state index contributed by atoms with van der Waals surface area (Å²) in [5, 5.41) is 8.88. The molecule has 100 valence electrons. The molecule has 1 aromatic carbocycles. The predicted octanol–water partition coefficient (Wildman–Crippen LogP) is 1.54. The SMILES string of the molecule is CC(O)Cc1ccc(S(=O)(=O)C2COC2)c(Br)c1. The summed E-state index contributed by atoms with van der Waals surface area (Å²) >= 11 is 3.29. The zero-order chi connectivity index (χ0) is 13.3. The molecule has 1 aliphatic heterocycles. The van der Waals surface area contributed by atoms with E-state index in [1.54, 1.807) is 25.1 Å². The van der Waals surface area contributed by atoms with Crippen molar-refractivity contribution in [3.8, 4) is 0 Å². The molecule has 2 rings (SSSR count). The van der Waals surface area contributed by atoms with Crippen LogP contribution in [0.2, 0.25) is 0 Å². The molecule has 0 radical (unpaired) electrons. The summed E-state index contributed by atoms with van der Waals surface area (Å²) in [5.41, 5.74) is 0.903. The molecule has 4 nitrogen and oxygen atoms in total. The number of sulfone groups is 1. The Kier molecular flexibility index (Phi) is 4.11. The Morgan fingerprint density at radius 2 is 2.17 bits per heavy atom. The second-order valence-electron chi connectivity index (χ2n) is 4.52. The number of rotatable bonds is 4. The van der Waals surface area contributed by atoms with Crippen LogP contribution < -0.4 is 0 Å². The van der Waals surface area contributed by atoms with E-state index >= 15 is 0 Å². The minimum absolute atomic E-state index is 0.268. The van der Waals surface area contributed by atoms with Crippen molar-refractivity contribution < 1.29 is 18.3 Å². The van der Waals surface area contributed by atoms with Crippen molar-refractivity contribution >= 4 is 25.8 Å². The maximum Gasteiger partial charge on any atom is 0.186 e. The predicted molar refractivity (Wildman–Crippen MR) is 71.3 cm³/mol. The molecular formula is C12H15BrO4S. The van der Waals surface area contributed by atoms with Gasteiger partial charge in [0.05, 0.1) is 24.2 Å². The molecule has 0 spiro atoms. The van der Waals surface area contributed by atoms with Crippen molar-refractivity contribution in [1.82, 2.24) is 0 Å². The smallest absolute Gasteiger partial charge is 0.186 e. The van der Waals surface area contributed by atoms with Gasteiger partial charge in [0.25, 0.3) is 0 Å². The minimum Gasteiger partial charge on any atom is -0.393 e. The van der Waals surface area contributed by atoms with Crippen LogP contribution >= 0.6 is 15.9 Å². The lowest BCUT2D eigenvalue weighted by Crippen LogP contribution is -2.40. The third-order valence-corrected chi connectivity index (χ3v) is 5.92. The number of aliphatic hydroxyl groups excluding tert-OH is 1. The molecular weight excluding hydrogens is 320 g/mol. The van der Waals surface area contributed by atoms with Gasteiger partial charge in [0, 0.05) is 4.47 Å². The highest BCUT2D eigenvalue weighted by molar-refractivity contribution is 9.10. The first-order valence-corrected chi connectivity index (χ1v) is 8.03. The van der Waals surface area contributed by atoms with Gasteiger partial charge >= 0.3 is 0 Å². The molecule has 0 amide bonds. The molecule has 0 aliphatic carbocycles. The number of ether oxygens (including phenoxy) is 1. The number of hydrogen-bond acceptors (Lipinski definition) is 4. The Hall–Kier alpha value is -0.430. The highest BCUT2D eigenvalue weighted by Gasteiger charge is 2.35. The summed E-state index contributed by atoms with van der Waals surface area (Å²) in [6, 6.07) is 5.08. The summed E-state index contributed by atoms with van der Waals surface area (Å²) in [5.74, 6) is 0. The lowest BCUT2D eigenvalue weighted by atomic mass is 10.1. The fourth-order valence-electron chi connectivity index (χ4n) is 1.82. The molecule has 18 heavy (non-hydrogen) atoms. The van der Waals surface area contributed by atoms with Crippen LogP contribution in [0.5, 0.6) is 0 Å². The van der Waals surface area contributed by atoms with E-state index in [0.29, 0.717) is 15.8 Å². The van der Waals surface area contributed by atoms with E-state index in [2.05, 4.69) is 15.9 Å². The van der Waals surface area contributed by atoms with Gasteiger partial charge in [-0.25, -0.2) is 8.42 Å². The standard InChI is InChI=1S/C12H15BrO4S/c1-8(14)4-9-2-3-12(11(13)5-9)18(15,16)10-6-17-7-10/h2-3,5,8,10,14H,4,6-7H2,1H3. The molecule has 6 heteroatoms. The lowest BCUT2D eigenvalue weighted by Gasteiger charge is -2.26. The van der Waals surface area contributed by atoms with E-state index in [1.807, 2.05) is 0 Å². The summed E-state index contributed by atoms with van der Waals surface area (Å²) in [6.45, 7) is 2.23. The normalized spacial score (nSPS) is 18.4. The van der Waals surface area contributed by atoms with Crippen molar-refractivity contribution in [2.45, 2.75) is 29.6 Å². The minimum atomic E-state index is -3.31. The summed E-state index contributed by atoms with van der Waals surface area (Å²) in [4.78, 5) is 0.296. The zero-order valence-electron chi connectivity index (χ0n) is 9.97. The first-order chi connectivity index (χ1) is 8.41. The molecule has 1 heterocycles. The van der Waals surface area contributed by atoms with Gasteiger partial charge < -0.3 is 9.84 Å². The Balaban J connectivity index is 2.29. The fraction of sp³-hybridized carbons (Fsp3) is 0.500. The second kappa shape index (κ2) is 5.28. The van der Waals surface area contributed by atoms with E-state index in [0.717, 1.165) is 5.56 Å². The van der Waals surface area contributed by atoms with Gasteiger partial charge in [-0.15, -0.1) is 0 Å². The van der Waals surface area contributed by atoms with Gasteiger partial charge in [0.15, 0.2) is 9.84 Å². The molecule has 1 N–H and O–H groups in total. The Morgan fingerprint density at radius 1 is 1.50 bits per heavy atom. The molecule has 1 atom stereocenters. The Morgan fingerprint density at radius 3 is 2.61 bits per heavy atom. The third kappa shape index (κ3) is 2.77. The molecule has 1 aromatic rings. The number of halogens is 1. The highest BCUT2D eigenvalue weighted by atomic mass is 79.9. The van der Waals surface area contributed by atoms with Crippen LogP contribution in [0.15, 0.2) is 27.6 Å². The first-order valence-electron chi connectivity index (χ1n) is 5.69. The van der Waals surface area contributed by atoms with Gasteiger partial charge in [0.1, 0.15) is 5.25 Å². The van der Waals surface area contributed by atoms with Crippen molar-refractivity contribution in [2.24, 2.45) is 0 Å². The molecule has 1 saturated heterocycles. The fourth-order valence-corrected chi connectivity index (χ4v) is 4.42. The quantitative estimate of drug-likeness (QED) is 0.907. The van der Waals surface area contributed by atoms with Crippen LogP contribution in [0.3, 0.4) is 0 Å². The maximum atomic E-state index is 12.2. The van der Waals surface area contributed by atoms with Crippen molar-refractivity contribution in [2.75, 3.05) is 13.2 Å². The second-order valence-corrected chi connectivity index (χ2v) is 7.57. The van der Waals surface area contributed by atoms with E-state index in [4.69, 9.17) is 4.74 Å². The van der Waals surface area contributed by atoms with E-state index in [-0.39, 0.29) is 13.2 Å². The summed E-state index contributed by atoms with van der Waals surface area (Å²) < 4.78 is 29.9. The van der Waals surface area contributed by atoms with Gasteiger partial charge in [-0.3, -0.25) is 0 Å². The van der Waals surface area contributed by atoms with Gasteiger partial charge in [-0.2, -0.15) is 0 Å². The highest BCUT2D eigenvalue weighted by Crippen LogP contribution is 2.29. The average Bonchev–Trinajstić information content (AvgIpc) is 2.11. The van der Waals surface area contributed by atoms with Crippen molar-refractivity contribution in [3.63, 3.8) is 0 Å². The van der Waals surface area contributed by atoms with Crippen LogP contribution in [0.4, 0.5) is 0 Å². The van der Waals surface area contributed by atoms with E-state index < -0.39 is 21.2 Å². The van der Waals surface area contributed by atoms with E-state index in [9.17, 15) is 13.5 Å². The number of benzene rings is 1. The Labute approximate surface area is 115 Å². The molecule has 0 saturated carbocycles. The largest absolute Gasteiger partial charge is 0.393 e. The van der Waals surface area contributed by atoms with Gasteiger partial charge in [-0.1, -0.05) is 6.07 Å². The number of hydrogen-bond donors (Lipinski definition) is 1. The van der Waals surface area contributed by atoms with Crippen LogP contribution in [-0.2, 0) is 21.0 Å². The molecule has 1 aliphatic rings. The molecule has 1 unspecified atom stereocenters. The van der Waals surface area contributed by atoms with Crippen LogP contribution in [0.1, 0.15) is 12.5 Å². The summed E-state index contributed by atoms with van der Waals surface area (Å²) in [7, 11) is -3.31. The van der Waals surface area contributed by atoms with Gasteiger partial charge in [0.2, 0.25) is 0 Å². The summed E-state index contributed by atoms with van der Waals surface area (Å²) in [6.07, 6.45) is 0.0604. The lowest BCUT2D eigenvalue weighted by molar-refractivity contribution is 0.0416. The van der Waals surface area contributed by atoms with Crippen molar-refractivity contribution in [1.29, 1.82) is 0 Å². The zero-order valence-corrected chi connectivity index (χ0v) is 12.4. The third-order valence-electron chi connectivity index (χ3n) is 2.88. The Bertz CT molecular complexity index is 535. The van der Waals surface area contributed by atoms with Crippen LogP contribution in [0, 0.1) is 0 Å². The molecule has 1 fully saturated rings. The number of aliphatic hydroxyl groups is 1. The van der Waals surface area contributed by atoms with Gasteiger partial charge in [-0.05, 0) is 47.0 Å². The first kappa shape index (κ1) is 14.0.